The van der Waals surface area contributed by atoms with Gasteiger partial charge < -0.3 is 15.9 Å². The molecule has 10 heavy (non-hydrogen) atoms. The molecule has 0 heterocycles. The van der Waals surface area contributed by atoms with Gasteiger partial charge in [0.15, 0.2) is 0 Å². The first-order valence-electron chi connectivity index (χ1n) is 1.87. The minimum absolute atomic E-state index is 1.57. The normalized spacial score (nSPS) is 7.90. The van der Waals surface area contributed by atoms with Crippen molar-refractivity contribution >= 4 is 12.1 Å². The lowest BCUT2D eigenvalue weighted by Gasteiger charge is -1.82. The third kappa shape index (κ3) is 30.6. The number of rotatable bonds is 1. The summed E-state index contributed by atoms with van der Waals surface area (Å²) in [5, 5.41) is 13.9. The number of hydrogen-bond acceptors (Lipinski definition) is 2. The van der Waals surface area contributed by atoms with Crippen LogP contribution in [0.4, 0.5) is 13.6 Å². The molecule has 0 aliphatic carbocycles. The average Bonchev–Trinajstić information content (AvgIpc) is 1.63. The van der Waals surface area contributed by atoms with Crippen LogP contribution in [0.3, 0.4) is 0 Å². The first-order chi connectivity index (χ1) is 4.37. The molecule has 0 aliphatic rings. The Labute approximate surface area is 54.1 Å². The Balaban J connectivity index is 0. The maximum atomic E-state index is 10.7. The van der Waals surface area contributed by atoms with Crippen LogP contribution in [0.1, 0.15) is 0 Å². The predicted octanol–water partition coefficient (Wildman–Crippen LogP) is -0.0408. The predicted molar refractivity (Wildman–Crippen MR) is 25.9 cm³/mol. The average molecular weight is 157 g/mol. The molecule has 0 aromatic rings. The van der Waals surface area contributed by atoms with E-state index in [4.69, 9.17) is 15.0 Å². The van der Waals surface area contributed by atoms with Crippen molar-refractivity contribution in [2.45, 2.75) is 6.43 Å². The second kappa shape index (κ2) is 5.73. The largest absolute Gasteiger partial charge is 0.503 e. The summed E-state index contributed by atoms with van der Waals surface area (Å²) >= 11 is 0. The number of amides is 1. The second-order valence-corrected chi connectivity index (χ2v) is 0.986. The third-order valence-electron chi connectivity index (χ3n) is 0.215. The summed E-state index contributed by atoms with van der Waals surface area (Å²) < 4.78 is 21.4. The number of primary amides is 1. The van der Waals surface area contributed by atoms with E-state index in [-0.39, 0.29) is 0 Å². The lowest BCUT2D eigenvalue weighted by atomic mass is 10.7. The smallest absolute Gasteiger partial charge is 0.450 e. The Morgan fingerprint density at radius 1 is 1.30 bits per heavy atom. The molecule has 0 unspecified atom stereocenters. The molecule has 0 rings (SSSR count). The Bertz CT molecular complexity index is 122. The van der Waals surface area contributed by atoms with Crippen molar-refractivity contribution in [2.75, 3.05) is 0 Å². The highest BCUT2D eigenvalue weighted by molar-refractivity contribution is 5.76. The van der Waals surface area contributed by atoms with Gasteiger partial charge in [0.1, 0.15) is 0 Å². The van der Waals surface area contributed by atoms with Gasteiger partial charge in [-0.15, -0.1) is 0 Å². The molecular formula is C3H5F2NO4. The van der Waals surface area contributed by atoms with Crippen LogP contribution in [0, 0.1) is 0 Å². The molecule has 5 nitrogen and oxygen atoms in total. The van der Waals surface area contributed by atoms with E-state index in [0.717, 1.165) is 0 Å². The summed E-state index contributed by atoms with van der Waals surface area (Å²) in [6, 6.07) is 0. The molecule has 0 aromatic heterocycles. The van der Waals surface area contributed by atoms with E-state index in [1.807, 2.05) is 0 Å². The minimum atomic E-state index is -3.01. The molecule has 60 valence electrons. The number of hydrogen-bond donors (Lipinski definition) is 3. The lowest BCUT2D eigenvalue weighted by Crippen LogP contribution is -2.19. The van der Waals surface area contributed by atoms with E-state index >= 15 is 0 Å². The molecular weight excluding hydrogens is 152 g/mol. The number of carboxylic acid groups (broad SMARTS) is 2. The molecule has 0 saturated carbocycles. The highest BCUT2D eigenvalue weighted by atomic mass is 19.3. The number of carbonyl (C=O) groups is 2. The Morgan fingerprint density at radius 2 is 1.40 bits per heavy atom. The SMILES string of the molecule is NC(=O)C(F)F.O=C(O)O. The number of carbonyl (C=O) groups excluding carboxylic acids is 1. The first kappa shape index (κ1) is 11.4. The Hall–Kier alpha value is -1.40. The monoisotopic (exact) mass is 157 g/mol. The summed E-state index contributed by atoms with van der Waals surface area (Å²) in [5.41, 5.74) is 4.05. The van der Waals surface area contributed by atoms with Crippen molar-refractivity contribution in [1.29, 1.82) is 0 Å². The highest BCUT2D eigenvalue weighted by Gasteiger charge is 2.07. The molecule has 0 spiro atoms. The number of nitrogens with two attached hydrogens (primary N) is 1. The van der Waals surface area contributed by atoms with Crippen molar-refractivity contribution in [3.8, 4) is 0 Å². The van der Waals surface area contributed by atoms with E-state index in [2.05, 4.69) is 5.73 Å². The Kier molecular flexibility index (Phi) is 6.54. The standard InChI is InChI=1S/C2H3F2NO.CH2O3/c3-1(4)2(5)6;2-1(3)4/h1H,(H2,5,6);(H2,2,3,4). The fourth-order valence-electron chi connectivity index (χ4n) is 0. The zero-order valence-corrected chi connectivity index (χ0v) is 4.62. The molecule has 1 amide bonds. The van der Waals surface area contributed by atoms with Crippen LogP contribution < -0.4 is 5.73 Å². The zero-order chi connectivity index (χ0) is 8.73. The summed E-state index contributed by atoms with van der Waals surface area (Å²) in [4.78, 5) is 17.7. The van der Waals surface area contributed by atoms with Crippen LogP contribution in [-0.2, 0) is 4.79 Å². The van der Waals surface area contributed by atoms with Crippen LogP contribution in [-0.4, -0.2) is 28.7 Å². The molecule has 0 aromatic carbocycles. The molecule has 0 atom stereocenters. The van der Waals surface area contributed by atoms with Gasteiger partial charge in [0.2, 0.25) is 0 Å². The maximum Gasteiger partial charge on any atom is 0.503 e. The lowest BCUT2D eigenvalue weighted by molar-refractivity contribution is -0.128. The van der Waals surface area contributed by atoms with Crippen molar-refractivity contribution in [2.24, 2.45) is 5.73 Å². The summed E-state index contributed by atoms with van der Waals surface area (Å²) in [6.07, 6.45) is -4.84. The molecule has 0 aliphatic heterocycles. The van der Waals surface area contributed by atoms with Crippen molar-refractivity contribution in [1.82, 2.24) is 0 Å². The van der Waals surface area contributed by atoms with Crippen LogP contribution in [0.15, 0.2) is 0 Å². The Morgan fingerprint density at radius 3 is 1.40 bits per heavy atom. The van der Waals surface area contributed by atoms with Gasteiger partial charge in [0, 0.05) is 0 Å². The molecule has 0 fully saturated rings. The van der Waals surface area contributed by atoms with Gasteiger partial charge in [-0.05, 0) is 0 Å². The summed E-state index contributed by atoms with van der Waals surface area (Å²) in [6.45, 7) is 0. The van der Waals surface area contributed by atoms with Crippen LogP contribution >= 0.6 is 0 Å². The second-order valence-electron chi connectivity index (χ2n) is 0.986. The summed E-state index contributed by atoms with van der Waals surface area (Å²) in [5.74, 6) is -1.57. The molecule has 0 bridgehead atoms. The van der Waals surface area contributed by atoms with Gasteiger partial charge in [0.25, 0.3) is 5.91 Å². The topological polar surface area (TPSA) is 101 Å². The molecule has 0 saturated heterocycles. The van der Waals surface area contributed by atoms with Gasteiger partial charge >= 0.3 is 12.6 Å². The highest BCUT2D eigenvalue weighted by Crippen LogP contribution is 1.85. The van der Waals surface area contributed by atoms with Crippen LogP contribution in [0.5, 0.6) is 0 Å². The number of alkyl halides is 2. The van der Waals surface area contributed by atoms with Gasteiger partial charge in [-0.25, -0.2) is 4.79 Å². The van der Waals surface area contributed by atoms with Crippen molar-refractivity contribution < 1.29 is 28.6 Å². The van der Waals surface area contributed by atoms with Crippen molar-refractivity contribution in [3.63, 3.8) is 0 Å². The van der Waals surface area contributed by atoms with Gasteiger partial charge in [0.05, 0.1) is 0 Å². The fourth-order valence-corrected chi connectivity index (χ4v) is 0. The van der Waals surface area contributed by atoms with Crippen molar-refractivity contribution in [3.05, 3.63) is 0 Å². The molecule has 4 N–H and O–H groups in total. The summed E-state index contributed by atoms with van der Waals surface area (Å²) in [7, 11) is 0. The van der Waals surface area contributed by atoms with Gasteiger partial charge in [-0.1, -0.05) is 0 Å². The number of halogens is 2. The molecule has 7 heteroatoms. The van der Waals surface area contributed by atoms with E-state index in [9.17, 15) is 13.6 Å². The molecule has 0 radical (unpaired) electrons. The minimum Gasteiger partial charge on any atom is -0.450 e. The van der Waals surface area contributed by atoms with E-state index in [1.54, 1.807) is 0 Å². The van der Waals surface area contributed by atoms with E-state index in [1.165, 1.54) is 0 Å². The zero-order valence-electron chi connectivity index (χ0n) is 4.62. The van der Waals surface area contributed by atoms with Crippen LogP contribution in [0.2, 0.25) is 0 Å². The van der Waals surface area contributed by atoms with E-state index in [0.29, 0.717) is 0 Å². The first-order valence-corrected chi connectivity index (χ1v) is 1.87. The van der Waals surface area contributed by atoms with Gasteiger partial charge in [-0.3, -0.25) is 4.79 Å². The maximum absolute atomic E-state index is 10.7. The van der Waals surface area contributed by atoms with Gasteiger partial charge in [-0.2, -0.15) is 8.78 Å². The van der Waals surface area contributed by atoms with E-state index < -0.39 is 18.5 Å². The third-order valence-corrected chi connectivity index (χ3v) is 0.215. The van der Waals surface area contributed by atoms with Crippen LogP contribution in [0.25, 0.3) is 0 Å². The fraction of sp³-hybridized carbons (Fsp3) is 0.333. The quantitative estimate of drug-likeness (QED) is 0.497.